The number of hydrogen-bond acceptors (Lipinski definition) is 6. The second kappa shape index (κ2) is 18.4. The number of fused-ring (bicyclic) bond motifs is 6. The molecule has 0 spiro atoms. The van der Waals surface area contributed by atoms with Gasteiger partial charge in [-0.2, -0.15) is 15.8 Å². The monoisotopic (exact) mass is 967 g/mol. The van der Waals surface area contributed by atoms with Crippen molar-refractivity contribution in [3.63, 3.8) is 0 Å². The highest BCUT2D eigenvalue weighted by Crippen LogP contribution is 2.43. The number of benzene rings is 10. The van der Waals surface area contributed by atoms with E-state index in [1.54, 1.807) is 24.3 Å². The molecule has 0 N–H and O–H groups in total. The maximum Gasteiger partial charge on any atom is 0.196 e. The van der Waals surface area contributed by atoms with Gasteiger partial charge >= 0.3 is 0 Å². The summed E-state index contributed by atoms with van der Waals surface area (Å²) in [5.41, 5.74) is 14.8. The first kappa shape index (κ1) is 44.7. The normalized spacial score (nSPS) is 11.1. The third kappa shape index (κ3) is 7.58. The molecule has 0 saturated carbocycles. The van der Waals surface area contributed by atoms with Crippen LogP contribution in [0.3, 0.4) is 0 Å². The number of nitriles is 3. The topological polar surface area (TPSA) is 124 Å². The summed E-state index contributed by atoms with van der Waals surface area (Å²) in [6.45, 7) is 8.09. The van der Waals surface area contributed by atoms with E-state index in [9.17, 15) is 15.8 Å². The number of para-hydroxylation sites is 2. The summed E-state index contributed by atoms with van der Waals surface area (Å²) >= 11 is 0. The number of hydrogen-bond donors (Lipinski definition) is 0. The van der Waals surface area contributed by atoms with Crippen molar-refractivity contribution in [2.45, 2.75) is 0 Å². The molecule has 0 aliphatic heterocycles. The summed E-state index contributed by atoms with van der Waals surface area (Å²) in [7, 11) is 0. The van der Waals surface area contributed by atoms with Crippen LogP contribution in [0, 0.1) is 40.6 Å². The first-order valence-electron chi connectivity index (χ1n) is 24.5. The molecule has 3 aromatic heterocycles. The highest BCUT2D eigenvalue weighted by Gasteiger charge is 2.23. The van der Waals surface area contributed by atoms with Gasteiger partial charge in [-0.1, -0.05) is 140 Å². The van der Waals surface area contributed by atoms with Gasteiger partial charge in [-0.25, -0.2) is 19.8 Å². The van der Waals surface area contributed by atoms with Gasteiger partial charge in [0.1, 0.15) is 0 Å². The zero-order chi connectivity index (χ0) is 51.3. The Morgan fingerprint density at radius 2 is 0.882 bits per heavy atom. The quantitative estimate of drug-likeness (QED) is 0.140. The Morgan fingerprint density at radius 3 is 1.53 bits per heavy atom. The Morgan fingerprint density at radius 1 is 0.355 bits per heavy atom. The Bertz CT molecular complexity index is 4490. The molecule has 0 fully saturated rings. The van der Waals surface area contributed by atoms with Crippen molar-refractivity contribution in [2.75, 3.05) is 0 Å². The molecule has 76 heavy (non-hydrogen) atoms. The third-order valence-corrected chi connectivity index (χ3v) is 14.1. The number of aromatic nitrogens is 5. The summed E-state index contributed by atoms with van der Waals surface area (Å²) in [5.74, 6) is 1.53. The molecule has 9 heteroatoms. The summed E-state index contributed by atoms with van der Waals surface area (Å²) in [4.78, 5) is 19.6. The van der Waals surface area contributed by atoms with Crippen molar-refractivity contribution in [3.05, 3.63) is 253 Å². The van der Waals surface area contributed by atoms with E-state index in [1.807, 2.05) is 91.0 Å². The Balaban J connectivity index is 1.10. The van der Waals surface area contributed by atoms with Gasteiger partial charge in [0.05, 0.1) is 63.7 Å². The van der Waals surface area contributed by atoms with E-state index in [4.69, 9.17) is 21.5 Å². The standard InChI is InChI=1S/C67H37N9/c1-71-59-34-43(40-69)22-28-53(59)49-26-32-62-57(37-49)56-36-48(52-27-21-42(39-68)33-50(52)41-70)25-31-61(56)76(62)63-30-24-46(47-23-29-55-54-19-11-12-20-60(54)75(64(55)38-47)51-17-9-4-10-18-51)35-58(63)67-73-65(44-13-5-2-6-14-44)72-66(74-67)45-15-7-3-8-16-45/h2-38H. The minimum absolute atomic E-state index is 0.373. The molecule has 0 aliphatic rings. The molecular weight excluding hydrogens is 931 g/mol. The van der Waals surface area contributed by atoms with Gasteiger partial charge in [0.15, 0.2) is 23.2 Å². The van der Waals surface area contributed by atoms with Crippen molar-refractivity contribution in [3.8, 4) is 97.1 Å². The largest absolute Gasteiger partial charge is 0.309 e. The smallest absolute Gasteiger partial charge is 0.196 e. The van der Waals surface area contributed by atoms with E-state index in [0.717, 1.165) is 88.5 Å². The van der Waals surface area contributed by atoms with Crippen LogP contribution in [0.25, 0.3) is 127 Å². The molecule has 0 bridgehead atoms. The van der Waals surface area contributed by atoms with Gasteiger partial charge in [0, 0.05) is 49.5 Å². The van der Waals surface area contributed by atoms with Crippen LogP contribution in [0.2, 0.25) is 0 Å². The number of nitrogens with zero attached hydrogens (tertiary/aromatic N) is 9. The first-order valence-corrected chi connectivity index (χ1v) is 24.5. The third-order valence-electron chi connectivity index (χ3n) is 14.1. The predicted octanol–water partition coefficient (Wildman–Crippen LogP) is 16.2. The van der Waals surface area contributed by atoms with E-state index in [-0.39, 0.29) is 0 Å². The molecule has 10 aromatic carbocycles. The van der Waals surface area contributed by atoms with Crippen LogP contribution in [-0.4, -0.2) is 24.1 Å². The van der Waals surface area contributed by atoms with Crippen LogP contribution in [0.15, 0.2) is 224 Å². The lowest BCUT2D eigenvalue weighted by Gasteiger charge is -2.17. The lowest BCUT2D eigenvalue weighted by atomic mass is 9.96. The van der Waals surface area contributed by atoms with Crippen molar-refractivity contribution in [1.29, 1.82) is 15.8 Å². The van der Waals surface area contributed by atoms with Gasteiger partial charge in [-0.05, 0) is 118 Å². The predicted molar refractivity (Wildman–Crippen MR) is 302 cm³/mol. The van der Waals surface area contributed by atoms with Crippen LogP contribution < -0.4 is 0 Å². The zero-order valence-electron chi connectivity index (χ0n) is 40.4. The average Bonchev–Trinajstić information content (AvgIpc) is 4.09. The first-order chi connectivity index (χ1) is 37.5. The van der Waals surface area contributed by atoms with Crippen molar-refractivity contribution in [1.82, 2.24) is 24.1 Å². The Hall–Kier alpha value is -11.2. The molecule has 0 radical (unpaired) electrons. The van der Waals surface area contributed by atoms with E-state index in [0.29, 0.717) is 51.0 Å². The Labute approximate surface area is 436 Å². The molecule has 13 rings (SSSR count). The van der Waals surface area contributed by atoms with E-state index < -0.39 is 0 Å². The summed E-state index contributed by atoms with van der Waals surface area (Å²) in [5, 5.41) is 33.9. The van der Waals surface area contributed by atoms with Crippen LogP contribution in [-0.2, 0) is 0 Å². The average molecular weight is 968 g/mol. The van der Waals surface area contributed by atoms with Gasteiger partial charge in [0.2, 0.25) is 0 Å². The zero-order valence-corrected chi connectivity index (χ0v) is 40.4. The lowest BCUT2D eigenvalue weighted by molar-refractivity contribution is 1.06. The molecule has 0 atom stereocenters. The summed E-state index contributed by atoms with van der Waals surface area (Å²) < 4.78 is 4.56. The van der Waals surface area contributed by atoms with E-state index in [1.165, 1.54) is 5.39 Å². The van der Waals surface area contributed by atoms with Crippen molar-refractivity contribution >= 4 is 49.3 Å². The fraction of sp³-hybridized carbons (Fsp3) is 0. The molecule has 350 valence electrons. The second-order valence-electron chi connectivity index (χ2n) is 18.4. The van der Waals surface area contributed by atoms with Gasteiger partial charge < -0.3 is 9.13 Å². The molecule has 3 heterocycles. The van der Waals surface area contributed by atoms with Gasteiger partial charge in [0.25, 0.3) is 0 Å². The minimum Gasteiger partial charge on any atom is -0.309 e. The van der Waals surface area contributed by atoms with Crippen LogP contribution in [0.1, 0.15) is 16.7 Å². The molecule has 9 nitrogen and oxygen atoms in total. The van der Waals surface area contributed by atoms with E-state index >= 15 is 0 Å². The van der Waals surface area contributed by atoms with Gasteiger partial charge in [-0.3, -0.25) is 0 Å². The Kier molecular flexibility index (Phi) is 10.8. The summed E-state index contributed by atoms with van der Waals surface area (Å²) in [6.07, 6.45) is 0. The molecule has 0 aliphatic carbocycles. The maximum absolute atomic E-state index is 10.3. The lowest BCUT2D eigenvalue weighted by Crippen LogP contribution is -2.04. The summed E-state index contributed by atoms with van der Waals surface area (Å²) in [6, 6.07) is 81.4. The minimum atomic E-state index is 0.373. The molecular formula is C67H37N9. The van der Waals surface area contributed by atoms with E-state index in [2.05, 4.69) is 141 Å². The molecule has 13 aromatic rings. The van der Waals surface area contributed by atoms with Crippen LogP contribution in [0.4, 0.5) is 5.69 Å². The fourth-order valence-corrected chi connectivity index (χ4v) is 10.5. The molecule has 0 amide bonds. The SMILES string of the molecule is [C-]#[N+]c1cc(C#N)ccc1-c1ccc2c(c1)c1cc(-c3ccc(C#N)cc3C#N)ccc1n2-c1ccc(-c2ccc3c4ccccc4n(-c4ccccc4)c3c2)cc1-c1nc(-c2ccccc2)nc(-c2ccccc2)n1. The maximum atomic E-state index is 10.3. The fourth-order valence-electron chi connectivity index (χ4n) is 10.5. The van der Waals surface area contributed by atoms with Crippen LogP contribution >= 0.6 is 0 Å². The van der Waals surface area contributed by atoms with Crippen LogP contribution in [0.5, 0.6) is 0 Å². The highest BCUT2D eigenvalue weighted by molar-refractivity contribution is 6.13. The second-order valence-corrected chi connectivity index (χ2v) is 18.4. The molecule has 0 saturated heterocycles. The van der Waals surface area contributed by atoms with Crippen molar-refractivity contribution in [2.24, 2.45) is 0 Å². The molecule has 0 unspecified atom stereocenters. The van der Waals surface area contributed by atoms with Gasteiger partial charge in [-0.15, -0.1) is 0 Å². The highest BCUT2D eigenvalue weighted by atomic mass is 15.1. The van der Waals surface area contributed by atoms with Crippen molar-refractivity contribution < 1.29 is 0 Å². The number of rotatable bonds is 8.